The fraction of sp³-hybridized carbons (Fsp3) is 0.125. The van der Waals surface area contributed by atoms with Crippen LogP contribution >= 0.6 is 23.1 Å². The van der Waals surface area contributed by atoms with Gasteiger partial charge in [-0.05, 0) is 43.7 Å². The molecule has 3 aromatic heterocycles. The Bertz CT molecular complexity index is 2040. The molecule has 6 rings (SSSR count). The third-order valence-electron chi connectivity index (χ3n) is 7.10. The first kappa shape index (κ1) is 27.5. The van der Waals surface area contributed by atoms with Crippen LogP contribution in [0, 0.1) is 13.8 Å². The van der Waals surface area contributed by atoms with E-state index in [1.54, 1.807) is 23.2 Å². The molecule has 0 saturated carbocycles. The lowest BCUT2D eigenvalue weighted by Gasteiger charge is -2.12. The Morgan fingerprint density at radius 3 is 2.10 bits per heavy atom. The van der Waals surface area contributed by atoms with Crippen molar-refractivity contribution in [2.75, 3.05) is 11.1 Å². The minimum Gasteiger partial charge on any atom is -0.319 e. The Morgan fingerprint density at radius 1 is 0.857 bits per heavy atom. The number of nitrogens with one attached hydrogen (secondary N) is 1. The van der Waals surface area contributed by atoms with Gasteiger partial charge in [0.15, 0.2) is 5.16 Å². The highest BCUT2D eigenvalue weighted by molar-refractivity contribution is 7.99. The molecule has 0 fully saturated rings. The number of para-hydroxylation sites is 2. The van der Waals surface area contributed by atoms with Crippen molar-refractivity contribution in [2.24, 2.45) is 7.05 Å². The first-order valence-corrected chi connectivity index (χ1v) is 15.1. The molecule has 6 aromatic rings. The van der Waals surface area contributed by atoms with Crippen LogP contribution in [0.2, 0.25) is 0 Å². The average molecular weight is 594 g/mol. The number of anilines is 1. The number of carbonyl (C=O) groups is 1. The lowest BCUT2D eigenvalue weighted by Crippen LogP contribution is -2.24. The highest BCUT2D eigenvalue weighted by Gasteiger charge is 2.22. The van der Waals surface area contributed by atoms with Crippen molar-refractivity contribution in [3.63, 3.8) is 0 Å². The predicted octanol–water partition coefficient (Wildman–Crippen LogP) is 5.95. The number of benzene rings is 3. The van der Waals surface area contributed by atoms with E-state index < -0.39 is 0 Å². The molecule has 0 aliphatic heterocycles. The van der Waals surface area contributed by atoms with Crippen molar-refractivity contribution in [2.45, 2.75) is 19.0 Å². The van der Waals surface area contributed by atoms with Gasteiger partial charge in [0.1, 0.15) is 10.5 Å². The summed E-state index contributed by atoms with van der Waals surface area (Å²) in [6.45, 7) is 3.78. The maximum absolute atomic E-state index is 14.1. The highest BCUT2D eigenvalue weighted by atomic mass is 32.2. The molecule has 1 N–H and O–H groups in total. The molecular weight excluding hydrogens is 567 g/mol. The van der Waals surface area contributed by atoms with Crippen molar-refractivity contribution >= 4 is 44.9 Å². The van der Waals surface area contributed by atoms with Crippen molar-refractivity contribution in [1.29, 1.82) is 0 Å². The second kappa shape index (κ2) is 11.3. The number of carbonyl (C=O) groups excluding carboxylic acids is 1. The number of hydrogen-bond acceptors (Lipinski definition) is 6. The van der Waals surface area contributed by atoms with Gasteiger partial charge in [-0.3, -0.25) is 23.6 Å². The predicted molar refractivity (Wildman–Crippen MR) is 170 cm³/mol. The minimum absolute atomic E-state index is 0.0419. The van der Waals surface area contributed by atoms with Crippen LogP contribution in [0.5, 0.6) is 0 Å². The zero-order chi connectivity index (χ0) is 29.4. The lowest BCUT2D eigenvalue weighted by atomic mass is 10.0. The van der Waals surface area contributed by atoms with Crippen LogP contribution < -0.4 is 16.4 Å². The first-order chi connectivity index (χ1) is 20.3. The second-order valence-electron chi connectivity index (χ2n) is 9.72. The van der Waals surface area contributed by atoms with Crippen LogP contribution in [0.25, 0.3) is 32.7 Å². The first-order valence-electron chi connectivity index (χ1n) is 13.3. The summed E-state index contributed by atoms with van der Waals surface area (Å²) in [7, 11) is 1.78. The molecule has 10 heteroatoms. The van der Waals surface area contributed by atoms with Gasteiger partial charge in [0.05, 0.1) is 28.2 Å². The zero-order valence-corrected chi connectivity index (χ0v) is 24.8. The van der Waals surface area contributed by atoms with Gasteiger partial charge < -0.3 is 5.32 Å². The van der Waals surface area contributed by atoms with Gasteiger partial charge in [0, 0.05) is 17.5 Å². The maximum Gasteiger partial charge on any atom is 0.295 e. The Labute approximate surface area is 249 Å². The Kier molecular flexibility index (Phi) is 7.40. The summed E-state index contributed by atoms with van der Waals surface area (Å²) in [5.41, 5.74) is 3.54. The molecule has 1 amide bonds. The third-order valence-corrected chi connectivity index (χ3v) is 9.04. The van der Waals surface area contributed by atoms with E-state index in [-0.39, 0.29) is 28.5 Å². The van der Waals surface area contributed by atoms with Crippen molar-refractivity contribution in [3.8, 4) is 22.5 Å². The number of amides is 1. The Hall–Kier alpha value is -4.67. The molecule has 0 radical (unpaired) electrons. The van der Waals surface area contributed by atoms with E-state index in [1.165, 1.54) is 16.0 Å². The molecule has 0 unspecified atom stereocenters. The molecule has 0 aliphatic carbocycles. The van der Waals surface area contributed by atoms with Crippen molar-refractivity contribution < 1.29 is 4.79 Å². The summed E-state index contributed by atoms with van der Waals surface area (Å²) in [4.78, 5) is 47.1. The maximum atomic E-state index is 14.1. The summed E-state index contributed by atoms with van der Waals surface area (Å²) in [6.07, 6.45) is 0. The molecule has 0 saturated heterocycles. The number of aromatic nitrogens is 4. The van der Waals surface area contributed by atoms with Gasteiger partial charge in [-0.25, -0.2) is 9.67 Å². The van der Waals surface area contributed by atoms with Gasteiger partial charge in [0.25, 0.3) is 11.1 Å². The van der Waals surface area contributed by atoms with Gasteiger partial charge in [-0.15, -0.1) is 11.3 Å². The van der Waals surface area contributed by atoms with E-state index in [1.807, 2.05) is 97.9 Å². The lowest BCUT2D eigenvalue weighted by molar-refractivity contribution is -0.113. The summed E-state index contributed by atoms with van der Waals surface area (Å²) >= 11 is 2.62. The highest BCUT2D eigenvalue weighted by Crippen LogP contribution is 2.37. The summed E-state index contributed by atoms with van der Waals surface area (Å²) in [5, 5.41) is 3.76. The van der Waals surface area contributed by atoms with E-state index >= 15 is 0 Å². The number of fused-ring (bicyclic) bond motifs is 1. The largest absolute Gasteiger partial charge is 0.319 e. The third kappa shape index (κ3) is 4.88. The normalized spacial score (nSPS) is 11.2. The molecule has 0 aliphatic rings. The fourth-order valence-corrected chi connectivity index (χ4v) is 6.91. The van der Waals surface area contributed by atoms with E-state index in [2.05, 4.69) is 5.32 Å². The van der Waals surface area contributed by atoms with Crippen LogP contribution in [-0.2, 0) is 11.8 Å². The van der Waals surface area contributed by atoms with Crippen molar-refractivity contribution in [1.82, 2.24) is 18.9 Å². The van der Waals surface area contributed by atoms with E-state index in [4.69, 9.17) is 4.98 Å². The molecule has 3 aromatic carbocycles. The summed E-state index contributed by atoms with van der Waals surface area (Å²) in [6, 6.07) is 28.4. The molecule has 0 bridgehead atoms. The zero-order valence-electron chi connectivity index (χ0n) is 23.2. The monoisotopic (exact) mass is 593 g/mol. The minimum atomic E-state index is -0.368. The van der Waals surface area contributed by atoms with E-state index in [9.17, 15) is 14.4 Å². The fourth-order valence-electron chi connectivity index (χ4n) is 5.01. The molecule has 0 atom stereocenters. The number of thioether (sulfide) groups is 1. The number of aryl methyl sites for hydroxylation is 1. The molecule has 0 spiro atoms. The molecule has 8 nitrogen and oxygen atoms in total. The van der Waals surface area contributed by atoms with Gasteiger partial charge in [-0.2, -0.15) is 0 Å². The quantitative estimate of drug-likeness (QED) is 0.182. The van der Waals surface area contributed by atoms with Crippen LogP contribution in [0.15, 0.2) is 106 Å². The van der Waals surface area contributed by atoms with Gasteiger partial charge >= 0.3 is 0 Å². The molecule has 42 heavy (non-hydrogen) atoms. The topological polar surface area (TPSA) is 90.9 Å². The van der Waals surface area contributed by atoms with Crippen LogP contribution in [0.4, 0.5) is 5.69 Å². The van der Waals surface area contributed by atoms with Crippen molar-refractivity contribution in [3.05, 3.63) is 122 Å². The smallest absolute Gasteiger partial charge is 0.295 e. The standard InChI is InChI=1S/C32H27N5O3S2/c1-20-28(31(40)37(35(20)3)24-17-11-6-12-18-24)33-25(38)19-41-32-34-29-27(30(39)36(32)23-15-9-5-10-16-23)26(21(2)42-29)22-13-7-4-8-14-22/h4-18H,19H2,1-3H3,(H,33,38). The number of rotatable bonds is 7. The number of nitrogens with zero attached hydrogens (tertiary/aromatic N) is 4. The van der Waals surface area contributed by atoms with E-state index in [0.29, 0.717) is 32.4 Å². The van der Waals surface area contributed by atoms with Crippen LogP contribution in [0.1, 0.15) is 10.6 Å². The van der Waals surface area contributed by atoms with Gasteiger partial charge in [0.2, 0.25) is 5.91 Å². The van der Waals surface area contributed by atoms with Crippen LogP contribution in [0.3, 0.4) is 0 Å². The Balaban J connectivity index is 1.36. The molecule has 3 heterocycles. The second-order valence-corrected chi connectivity index (χ2v) is 11.9. The van der Waals surface area contributed by atoms with E-state index in [0.717, 1.165) is 27.8 Å². The number of hydrogen-bond donors (Lipinski definition) is 1. The summed E-state index contributed by atoms with van der Waals surface area (Å²) < 4.78 is 4.80. The molecule has 210 valence electrons. The van der Waals surface area contributed by atoms with Gasteiger partial charge in [-0.1, -0.05) is 78.5 Å². The average Bonchev–Trinajstić information content (AvgIpc) is 3.45. The molecular formula is C32H27N5O3S2. The SMILES string of the molecule is Cc1sc2nc(SCC(=O)Nc3c(C)n(C)n(-c4ccccc4)c3=O)n(-c3ccccc3)c(=O)c2c1-c1ccccc1. The summed E-state index contributed by atoms with van der Waals surface area (Å²) in [5.74, 6) is -0.410. The van der Waals surface area contributed by atoms with Crippen LogP contribution in [-0.4, -0.2) is 30.6 Å². The number of thiophene rings is 1. The Morgan fingerprint density at radius 2 is 1.45 bits per heavy atom.